The maximum atomic E-state index is 12.4. The van der Waals surface area contributed by atoms with Crippen molar-refractivity contribution in [2.45, 2.75) is 26.1 Å². The summed E-state index contributed by atoms with van der Waals surface area (Å²) in [6.45, 7) is 3.01. The molecule has 0 bridgehead atoms. The lowest BCUT2D eigenvalue weighted by Crippen LogP contribution is -2.45. The summed E-state index contributed by atoms with van der Waals surface area (Å²) in [6.07, 6.45) is -0.0377. The molecule has 0 saturated carbocycles. The van der Waals surface area contributed by atoms with E-state index in [4.69, 9.17) is 24.2 Å². The van der Waals surface area contributed by atoms with E-state index >= 15 is 0 Å². The Balaban J connectivity index is 1.71. The molecule has 16 heteroatoms. The quantitative estimate of drug-likeness (QED) is 0.0817. The van der Waals surface area contributed by atoms with Crippen LogP contribution in [0.5, 0.6) is 17.2 Å². The highest BCUT2D eigenvalue weighted by Crippen LogP contribution is 2.36. The van der Waals surface area contributed by atoms with E-state index in [2.05, 4.69) is 37.1 Å². The van der Waals surface area contributed by atoms with Crippen molar-refractivity contribution in [3.05, 3.63) is 67.3 Å². The van der Waals surface area contributed by atoms with Crippen molar-refractivity contribution >= 4 is 39.8 Å². The number of halogens is 1. The number of nitrogens with zero attached hydrogens (tertiary/aromatic N) is 3. The van der Waals surface area contributed by atoms with Crippen LogP contribution in [0.1, 0.15) is 31.0 Å². The van der Waals surface area contributed by atoms with Crippen LogP contribution < -0.4 is 30.3 Å². The van der Waals surface area contributed by atoms with Crippen molar-refractivity contribution in [2.24, 2.45) is 5.10 Å². The van der Waals surface area contributed by atoms with Crippen LogP contribution >= 0.6 is 15.9 Å². The zero-order valence-electron chi connectivity index (χ0n) is 22.7. The fourth-order valence-electron chi connectivity index (χ4n) is 3.88. The number of hydrazone groups is 1. The number of urea groups is 1. The van der Waals surface area contributed by atoms with E-state index in [1.165, 1.54) is 25.5 Å². The van der Waals surface area contributed by atoms with Crippen LogP contribution in [-0.4, -0.2) is 61.4 Å². The molecule has 1 heterocycles. The standard InChI is InChI=1S/C26H27BrN6O9/c1-4-40-20-11-16(23-22(25(35)39-3)14(2)30-26(36)31-23)5-6-19(20)42-13-21(34)32-29-12-15-9-17(27)24(41-8-7-28)18(10-15)33(37)38/h5-6,9-12,21,23,32,34H,4,8,13H2,1-3H3,(H2,30,31,36)/b29-12+/t21-,23+/m0/s1. The first kappa shape index (κ1) is 31.6. The molecule has 1 aliphatic heterocycles. The van der Waals surface area contributed by atoms with Gasteiger partial charge in [0.2, 0.25) is 5.75 Å². The second kappa shape index (κ2) is 14.7. The summed E-state index contributed by atoms with van der Waals surface area (Å²) < 4.78 is 21.6. The molecule has 0 aromatic heterocycles. The van der Waals surface area contributed by atoms with Crippen molar-refractivity contribution < 1.29 is 38.6 Å². The number of carbonyl (C=O) groups excluding carboxylic acids is 2. The third kappa shape index (κ3) is 7.86. The van der Waals surface area contributed by atoms with Gasteiger partial charge in [-0.05, 0) is 53.5 Å². The van der Waals surface area contributed by atoms with Gasteiger partial charge in [0.05, 0.1) is 40.9 Å². The first-order valence-corrected chi connectivity index (χ1v) is 13.1. The summed E-state index contributed by atoms with van der Waals surface area (Å²) in [4.78, 5) is 35.3. The molecular formula is C26H27BrN6O9. The molecule has 0 spiro atoms. The number of aliphatic hydroxyl groups is 1. The average molecular weight is 647 g/mol. The molecule has 3 rings (SSSR count). The Labute approximate surface area is 248 Å². The Morgan fingerprint density at radius 1 is 1.31 bits per heavy atom. The van der Waals surface area contributed by atoms with E-state index in [0.29, 0.717) is 22.6 Å². The molecule has 1 aliphatic rings. The number of ether oxygens (including phenoxy) is 4. The summed E-state index contributed by atoms with van der Waals surface area (Å²) in [5, 5.41) is 39.6. The molecule has 0 fully saturated rings. The maximum absolute atomic E-state index is 12.4. The highest BCUT2D eigenvalue weighted by atomic mass is 79.9. The number of carbonyl (C=O) groups is 2. The van der Waals surface area contributed by atoms with Gasteiger partial charge in [0.15, 0.2) is 24.3 Å². The molecule has 4 N–H and O–H groups in total. The minimum Gasteiger partial charge on any atom is -0.490 e. The number of aliphatic hydroxyl groups excluding tert-OH is 1. The summed E-state index contributed by atoms with van der Waals surface area (Å²) >= 11 is 3.19. The number of amides is 2. The normalized spacial score (nSPS) is 15.2. The van der Waals surface area contributed by atoms with E-state index in [9.17, 15) is 24.8 Å². The van der Waals surface area contributed by atoms with Gasteiger partial charge in [0.25, 0.3) is 0 Å². The smallest absolute Gasteiger partial charge is 0.337 e. The number of nitro groups is 1. The number of nitrogens with one attached hydrogen (secondary N) is 3. The second-order valence-electron chi connectivity index (χ2n) is 8.47. The van der Waals surface area contributed by atoms with Gasteiger partial charge in [-0.15, -0.1) is 0 Å². The van der Waals surface area contributed by atoms with E-state index in [0.717, 1.165) is 0 Å². The predicted molar refractivity (Wildman–Crippen MR) is 151 cm³/mol. The monoisotopic (exact) mass is 646 g/mol. The number of allylic oxidation sites excluding steroid dienone is 1. The molecule has 2 atom stereocenters. The number of nitriles is 1. The van der Waals surface area contributed by atoms with Crippen molar-refractivity contribution in [2.75, 3.05) is 26.9 Å². The van der Waals surface area contributed by atoms with E-state index in [1.54, 1.807) is 38.1 Å². The van der Waals surface area contributed by atoms with Crippen LogP contribution in [0.2, 0.25) is 0 Å². The zero-order valence-corrected chi connectivity index (χ0v) is 24.3. The Morgan fingerprint density at radius 3 is 2.74 bits per heavy atom. The number of hydrogen-bond donors (Lipinski definition) is 4. The molecule has 0 saturated heterocycles. The van der Waals surface area contributed by atoms with Crippen molar-refractivity contribution in [3.8, 4) is 23.3 Å². The van der Waals surface area contributed by atoms with Crippen LogP contribution in [0.4, 0.5) is 10.5 Å². The summed E-state index contributed by atoms with van der Waals surface area (Å²) in [5.41, 5.74) is 3.52. The highest BCUT2D eigenvalue weighted by Gasteiger charge is 2.32. The van der Waals surface area contributed by atoms with E-state index < -0.39 is 29.2 Å². The number of nitro benzene ring substituents is 1. The number of esters is 1. The minimum atomic E-state index is -1.28. The van der Waals surface area contributed by atoms with Crippen LogP contribution in [0, 0.1) is 21.4 Å². The first-order chi connectivity index (χ1) is 20.1. The highest BCUT2D eigenvalue weighted by molar-refractivity contribution is 9.10. The molecule has 2 aromatic rings. The first-order valence-electron chi connectivity index (χ1n) is 12.3. The average Bonchev–Trinajstić information content (AvgIpc) is 2.95. The minimum absolute atomic E-state index is 0.0913. The van der Waals surface area contributed by atoms with Crippen molar-refractivity contribution in [1.82, 2.24) is 16.1 Å². The summed E-state index contributed by atoms with van der Waals surface area (Å²) in [7, 11) is 1.24. The van der Waals surface area contributed by atoms with E-state index in [1.807, 2.05) is 0 Å². The lowest BCUT2D eigenvalue weighted by molar-refractivity contribution is -0.385. The van der Waals surface area contributed by atoms with E-state index in [-0.39, 0.29) is 47.1 Å². The third-order valence-corrected chi connectivity index (χ3v) is 6.22. The lowest BCUT2D eigenvalue weighted by atomic mass is 9.95. The van der Waals surface area contributed by atoms with Gasteiger partial charge in [0.1, 0.15) is 12.7 Å². The molecule has 222 valence electrons. The fraction of sp³-hybridized carbons (Fsp3) is 0.308. The molecule has 0 radical (unpaired) electrons. The second-order valence-corrected chi connectivity index (χ2v) is 9.32. The number of benzene rings is 2. The van der Waals surface area contributed by atoms with Crippen LogP contribution in [-0.2, 0) is 9.53 Å². The molecule has 2 amide bonds. The van der Waals surface area contributed by atoms with Crippen molar-refractivity contribution in [1.29, 1.82) is 5.26 Å². The molecule has 2 aromatic carbocycles. The number of rotatable bonds is 13. The predicted octanol–water partition coefficient (Wildman–Crippen LogP) is 2.78. The Hall–Kier alpha value is -4.88. The topological polar surface area (TPSA) is 207 Å². The molecule has 0 unspecified atom stereocenters. The van der Waals surface area contributed by atoms with Crippen LogP contribution in [0.15, 0.2) is 51.2 Å². The van der Waals surface area contributed by atoms with Gasteiger partial charge in [-0.25, -0.2) is 9.59 Å². The van der Waals surface area contributed by atoms with Gasteiger partial charge >= 0.3 is 17.7 Å². The van der Waals surface area contributed by atoms with Gasteiger partial charge in [0, 0.05) is 17.3 Å². The Kier molecular flexibility index (Phi) is 11.0. The molecule has 0 aliphatic carbocycles. The lowest BCUT2D eigenvalue weighted by Gasteiger charge is -2.28. The maximum Gasteiger partial charge on any atom is 0.337 e. The third-order valence-electron chi connectivity index (χ3n) is 5.63. The number of methoxy groups -OCH3 is 1. The SMILES string of the molecule is CCOc1cc([C@H]2NC(=O)NC(C)=C2C(=O)OC)ccc1OC[C@H](O)N/N=C/c1cc(Br)c(OCC#N)c([N+](=O)[O-])c1. The fourth-order valence-corrected chi connectivity index (χ4v) is 4.46. The molecular weight excluding hydrogens is 620 g/mol. The van der Waals surface area contributed by atoms with Crippen molar-refractivity contribution in [3.63, 3.8) is 0 Å². The zero-order chi connectivity index (χ0) is 30.8. The largest absolute Gasteiger partial charge is 0.490 e. The number of hydrogen-bond acceptors (Lipinski definition) is 12. The Bertz CT molecular complexity index is 1460. The molecule has 15 nitrogen and oxygen atoms in total. The van der Waals surface area contributed by atoms with Gasteiger partial charge in [-0.3, -0.25) is 15.5 Å². The summed E-state index contributed by atoms with van der Waals surface area (Å²) in [5.74, 6) is -0.121. The van der Waals surface area contributed by atoms with Gasteiger partial charge < -0.3 is 34.7 Å². The Morgan fingerprint density at radius 2 is 2.07 bits per heavy atom. The van der Waals surface area contributed by atoms with Gasteiger partial charge in [-0.1, -0.05) is 6.07 Å². The van der Waals surface area contributed by atoms with Crippen LogP contribution in [0.3, 0.4) is 0 Å². The molecule has 42 heavy (non-hydrogen) atoms. The van der Waals surface area contributed by atoms with Gasteiger partial charge in [-0.2, -0.15) is 10.4 Å². The van der Waals surface area contributed by atoms with Crippen LogP contribution in [0.25, 0.3) is 0 Å². The summed E-state index contributed by atoms with van der Waals surface area (Å²) in [6, 6.07) is 7.98.